The first-order chi connectivity index (χ1) is 12.7. The highest BCUT2D eigenvalue weighted by molar-refractivity contribution is 6.30. The smallest absolute Gasteiger partial charge is 0.253 e. The lowest BCUT2D eigenvalue weighted by Crippen LogP contribution is -2.48. The minimum Gasteiger partial charge on any atom is -0.368 e. The van der Waals surface area contributed by atoms with E-state index in [1.54, 1.807) is 11.0 Å². The minimum absolute atomic E-state index is 0.0564. The molecule has 1 amide bonds. The Morgan fingerprint density at radius 3 is 2.38 bits per heavy atom. The molecule has 0 N–H and O–H groups in total. The molecule has 1 aliphatic rings. The zero-order valence-corrected chi connectivity index (χ0v) is 14.9. The molecular formula is C19H18ClN5O. The third-order valence-electron chi connectivity index (χ3n) is 4.54. The van der Waals surface area contributed by atoms with Gasteiger partial charge in [-0.3, -0.25) is 4.79 Å². The first kappa shape index (κ1) is 16.6. The molecule has 0 saturated carbocycles. The molecule has 0 radical (unpaired) electrons. The average Bonchev–Trinajstić information content (AvgIpc) is 3.23. The zero-order valence-electron chi connectivity index (χ0n) is 14.1. The van der Waals surface area contributed by atoms with E-state index in [1.165, 1.54) is 6.33 Å². The Labute approximate surface area is 156 Å². The summed E-state index contributed by atoms with van der Waals surface area (Å²) in [7, 11) is 0. The highest BCUT2D eigenvalue weighted by Gasteiger charge is 2.22. The van der Waals surface area contributed by atoms with Gasteiger partial charge in [-0.25, -0.2) is 9.67 Å². The topological polar surface area (TPSA) is 54.3 Å². The van der Waals surface area contributed by atoms with E-state index in [1.807, 2.05) is 53.4 Å². The van der Waals surface area contributed by atoms with Crippen molar-refractivity contribution in [2.45, 2.75) is 0 Å². The van der Waals surface area contributed by atoms with E-state index >= 15 is 0 Å². The van der Waals surface area contributed by atoms with Gasteiger partial charge < -0.3 is 9.80 Å². The van der Waals surface area contributed by atoms with E-state index in [0.717, 1.165) is 29.5 Å². The van der Waals surface area contributed by atoms with Crippen LogP contribution in [0.2, 0.25) is 5.02 Å². The van der Waals surface area contributed by atoms with Crippen LogP contribution in [0.3, 0.4) is 0 Å². The number of aromatic nitrogens is 3. The van der Waals surface area contributed by atoms with Gasteiger partial charge >= 0.3 is 0 Å². The van der Waals surface area contributed by atoms with Crippen molar-refractivity contribution in [1.82, 2.24) is 19.7 Å². The van der Waals surface area contributed by atoms with Gasteiger partial charge in [-0.1, -0.05) is 17.7 Å². The fourth-order valence-electron chi connectivity index (χ4n) is 3.12. The molecule has 6 nitrogen and oxygen atoms in total. The van der Waals surface area contributed by atoms with E-state index in [0.29, 0.717) is 18.7 Å². The maximum absolute atomic E-state index is 12.7. The molecule has 0 atom stereocenters. The Morgan fingerprint density at radius 1 is 0.962 bits per heavy atom. The van der Waals surface area contributed by atoms with E-state index in [-0.39, 0.29) is 5.91 Å². The fourth-order valence-corrected chi connectivity index (χ4v) is 3.31. The van der Waals surface area contributed by atoms with Crippen LogP contribution in [0, 0.1) is 0 Å². The standard InChI is InChI=1S/C19H18ClN5O/c20-16-2-1-3-18(12-16)23-8-10-24(11-9-23)19(26)15-4-6-17(7-5-15)25-14-21-13-22-25/h1-7,12-14H,8-11H2. The number of anilines is 1. The number of carbonyl (C=O) groups excluding carboxylic acids is 1. The molecule has 0 spiro atoms. The molecule has 3 aromatic rings. The molecule has 2 heterocycles. The summed E-state index contributed by atoms with van der Waals surface area (Å²) in [6.07, 6.45) is 3.12. The number of halogens is 1. The lowest BCUT2D eigenvalue weighted by atomic mass is 10.1. The van der Waals surface area contributed by atoms with Gasteiger partial charge in [-0.2, -0.15) is 5.10 Å². The van der Waals surface area contributed by atoms with Crippen molar-refractivity contribution in [2.75, 3.05) is 31.1 Å². The summed E-state index contributed by atoms with van der Waals surface area (Å²) in [5, 5.41) is 4.82. The molecule has 1 saturated heterocycles. The molecule has 0 aliphatic carbocycles. The molecule has 4 rings (SSSR count). The molecule has 7 heteroatoms. The van der Waals surface area contributed by atoms with Gasteiger partial charge in [0.15, 0.2) is 0 Å². The molecule has 26 heavy (non-hydrogen) atoms. The summed E-state index contributed by atoms with van der Waals surface area (Å²) in [5.74, 6) is 0.0564. The van der Waals surface area contributed by atoms with Gasteiger partial charge in [-0.15, -0.1) is 0 Å². The first-order valence-electron chi connectivity index (χ1n) is 8.45. The summed E-state index contributed by atoms with van der Waals surface area (Å²) < 4.78 is 1.66. The number of hydrogen-bond donors (Lipinski definition) is 0. The predicted molar refractivity (Wildman–Crippen MR) is 101 cm³/mol. The van der Waals surface area contributed by atoms with Crippen LogP contribution in [0.25, 0.3) is 5.69 Å². The minimum atomic E-state index is 0.0564. The van der Waals surface area contributed by atoms with Crippen molar-refractivity contribution in [3.8, 4) is 5.69 Å². The Morgan fingerprint density at radius 2 is 1.73 bits per heavy atom. The summed E-state index contributed by atoms with van der Waals surface area (Å²) >= 11 is 6.07. The Kier molecular flexibility index (Phi) is 4.58. The maximum Gasteiger partial charge on any atom is 0.253 e. The lowest BCUT2D eigenvalue weighted by molar-refractivity contribution is 0.0747. The van der Waals surface area contributed by atoms with Crippen molar-refractivity contribution in [2.24, 2.45) is 0 Å². The second-order valence-electron chi connectivity index (χ2n) is 6.15. The van der Waals surface area contributed by atoms with Gasteiger partial charge in [0.25, 0.3) is 5.91 Å². The van der Waals surface area contributed by atoms with E-state index < -0.39 is 0 Å². The quantitative estimate of drug-likeness (QED) is 0.714. The van der Waals surface area contributed by atoms with Gasteiger partial charge in [0.1, 0.15) is 12.7 Å². The molecule has 1 fully saturated rings. The summed E-state index contributed by atoms with van der Waals surface area (Å²) in [6, 6.07) is 15.3. The summed E-state index contributed by atoms with van der Waals surface area (Å²) in [6.45, 7) is 2.97. The number of benzene rings is 2. The second kappa shape index (κ2) is 7.17. The van der Waals surface area contributed by atoms with Crippen molar-refractivity contribution in [3.63, 3.8) is 0 Å². The van der Waals surface area contributed by atoms with E-state index in [9.17, 15) is 4.79 Å². The summed E-state index contributed by atoms with van der Waals surface area (Å²) in [5.41, 5.74) is 2.66. The molecule has 2 aromatic carbocycles. The fraction of sp³-hybridized carbons (Fsp3) is 0.211. The van der Waals surface area contributed by atoms with Crippen LogP contribution in [0.1, 0.15) is 10.4 Å². The van der Waals surface area contributed by atoms with Gasteiger partial charge in [-0.05, 0) is 42.5 Å². The average molecular weight is 368 g/mol. The molecular weight excluding hydrogens is 350 g/mol. The number of carbonyl (C=O) groups is 1. The van der Waals surface area contributed by atoms with Crippen LogP contribution in [0.4, 0.5) is 5.69 Å². The van der Waals surface area contributed by atoms with Gasteiger partial charge in [0.2, 0.25) is 0 Å². The van der Waals surface area contributed by atoms with Gasteiger partial charge in [0.05, 0.1) is 5.69 Å². The predicted octanol–water partition coefficient (Wildman–Crippen LogP) is 2.88. The molecule has 132 valence electrons. The van der Waals surface area contributed by atoms with Crippen molar-refractivity contribution >= 4 is 23.2 Å². The van der Waals surface area contributed by atoms with Crippen LogP contribution in [0.5, 0.6) is 0 Å². The molecule has 1 aromatic heterocycles. The maximum atomic E-state index is 12.7. The van der Waals surface area contributed by atoms with Crippen LogP contribution in [-0.4, -0.2) is 51.8 Å². The SMILES string of the molecule is O=C(c1ccc(-n2cncn2)cc1)N1CCN(c2cccc(Cl)c2)CC1. The highest BCUT2D eigenvalue weighted by Crippen LogP contribution is 2.21. The monoisotopic (exact) mass is 367 g/mol. The van der Waals surface area contributed by atoms with Crippen LogP contribution < -0.4 is 4.90 Å². The number of rotatable bonds is 3. The Bertz CT molecular complexity index is 887. The second-order valence-corrected chi connectivity index (χ2v) is 6.58. The van der Waals surface area contributed by atoms with Crippen molar-refractivity contribution in [3.05, 3.63) is 71.8 Å². The third kappa shape index (κ3) is 3.41. The third-order valence-corrected chi connectivity index (χ3v) is 4.77. The zero-order chi connectivity index (χ0) is 17.9. The largest absolute Gasteiger partial charge is 0.368 e. The van der Waals surface area contributed by atoms with Gasteiger partial charge in [0, 0.05) is 42.5 Å². The molecule has 0 bridgehead atoms. The number of amides is 1. The summed E-state index contributed by atoms with van der Waals surface area (Å²) in [4.78, 5) is 20.8. The van der Waals surface area contributed by atoms with E-state index in [4.69, 9.17) is 11.6 Å². The molecule has 0 unspecified atom stereocenters. The van der Waals surface area contributed by atoms with Crippen molar-refractivity contribution in [1.29, 1.82) is 0 Å². The first-order valence-corrected chi connectivity index (χ1v) is 8.83. The Hall–Kier alpha value is -2.86. The van der Waals surface area contributed by atoms with Crippen LogP contribution in [0.15, 0.2) is 61.2 Å². The number of piperazine rings is 1. The van der Waals surface area contributed by atoms with Crippen molar-refractivity contribution < 1.29 is 4.79 Å². The van der Waals surface area contributed by atoms with Crippen LogP contribution >= 0.6 is 11.6 Å². The lowest BCUT2D eigenvalue weighted by Gasteiger charge is -2.36. The van der Waals surface area contributed by atoms with E-state index in [2.05, 4.69) is 15.0 Å². The van der Waals surface area contributed by atoms with Crippen LogP contribution in [-0.2, 0) is 0 Å². The number of hydrogen-bond acceptors (Lipinski definition) is 4. The molecule has 1 aliphatic heterocycles. The number of nitrogens with zero attached hydrogens (tertiary/aromatic N) is 5. The normalized spacial score (nSPS) is 14.5. The Balaban J connectivity index is 1.40. The highest BCUT2D eigenvalue weighted by atomic mass is 35.5.